The van der Waals surface area contributed by atoms with Gasteiger partial charge in [-0.2, -0.15) is 0 Å². The van der Waals surface area contributed by atoms with E-state index < -0.39 is 0 Å². The lowest BCUT2D eigenvalue weighted by molar-refractivity contribution is 0.0308. The van der Waals surface area contributed by atoms with Gasteiger partial charge in [0.15, 0.2) is 0 Å². The molecular weight excluding hydrogens is 194 g/mol. The number of nitrogens with two attached hydrogens (primary N) is 1. The normalized spacial score (nSPS) is 25.6. The summed E-state index contributed by atoms with van der Waals surface area (Å²) in [6.45, 7) is 2.18. The Labute approximate surface area is 98.0 Å². The van der Waals surface area contributed by atoms with E-state index in [9.17, 15) is 0 Å². The second-order valence-corrected chi connectivity index (χ2v) is 6.03. The van der Waals surface area contributed by atoms with Crippen molar-refractivity contribution in [1.29, 1.82) is 0 Å². The minimum atomic E-state index is -0.0182. The Hall–Kier alpha value is -0.820. The van der Waals surface area contributed by atoms with Gasteiger partial charge in [-0.3, -0.25) is 0 Å². The van der Waals surface area contributed by atoms with Crippen molar-refractivity contribution in [3.63, 3.8) is 0 Å². The maximum atomic E-state index is 6.58. The van der Waals surface area contributed by atoms with Crippen LogP contribution in [0.2, 0.25) is 0 Å². The molecule has 0 atom stereocenters. The number of benzene rings is 1. The fourth-order valence-electron chi connectivity index (χ4n) is 4.09. The highest BCUT2D eigenvalue weighted by atomic mass is 14.8. The third-order valence-corrected chi connectivity index (χ3v) is 4.73. The average molecular weight is 215 g/mol. The van der Waals surface area contributed by atoms with Gasteiger partial charge < -0.3 is 5.73 Å². The number of hydrogen-bond acceptors (Lipinski definition) is 1. The van der Waals surface area contributed by atoms with Gasteiger partial charge in [-0.05, 0) is 49.1 Å². The van der Waals surface area contributed by atoms with E-state index in [4.69, 9.17) is 5.73 Å². The Balaban J connectivity index is 1.84. The number of aryl methyl sites for hydroxylation is 1. The molecule has 2 aliphatic rings. The summed E-state index contributed by atoms with van der Waals surface area (Å²) in [5, 5.41) is 0. The standard InChI is InChI=1S/C15H21N/c1-12-6-2-3-7-13(12)15(16)10-14(11-15)8-4-5-9-14/h2-3,6-7H,4-5,8-11,16H2,1H3. The van der Waals surface area contributed by atoms with Gasteiger partial charge in [-0.1, -0.05) is 37.1 Å². The van der Waals surface area contributed by atoms with E-state index in [2.05, 4.69) is 31.2 Å². The van der Waals surface area contributed by atoms with Gasteiger partial charge in [0.2, 0.25) is 0 Å². The molecule has 3 rings (SSSR count). The van der Waals surface area contributed by atoms with E-state index in [-0.39, 0.29) is 5.54 Å². The summed E-state index contributed by atoms with van der Waals surface area (Å²) < 4.78 is 0. The first-order valence-electron chi connectivity index (χ1n) is 6.49. The third-order valence-electron chi connectivity index (χ3n) is 4.73. The fourth-order valence-corrected chi connectivity index (χ4v) is 4.09. The minimum Gasteiger partial charge on any atom is -0.321 e. The smallest absolute Gasteiger partial charge is 0.0422 e. The first kappa shape index (κ1) is 10.3. The van der Waals surface area contributed by atoms with E-state index in [0.717, 1.165) is 0 Å². The van der Waals surface area contributed by atoms with Gasteiger partial charge in [0.05, 0.1) is 0 Å². The van der Waals surface area contributed by atoms with Crippen molar-refractivity contribution in [3.05, 3.63) is 35.4 Å². The van der Waals surface area contributed by atoms with Crippen molar-refractivity contribution in [3.8, 4) is 0 Å². The van der Waals surface area contributed by atoms with Crippen LogP contribution in [-0.2, 0) is 5.54 Å². The zero-order valence-corrected chi connectivity index (χ0v) is 10.1. The molecule has 1 aromatic carbocycles. The number of rotatable bonds is 1. The molecule has 2 fully saturated rings. The first-order chi connectivity index (χ1) is 7.64. The second kappa shape index (κ2) is 3.33. The highest BCUT2D eigenvalue weighted by molar-refractivity contribution is 5.36. The Morgan fingerprint density at radius 2 is 1.69 bits per heavy atom. The van der Waals surface area contributed by atoms with E-state index in [1.165, 1.54) is 49.7 Å². The quantitative estimate of drug-likeness (QED) is 0.762. The summed E-state index contributed by atoms with van der Waals surface area (Å²) in [4.78, 5) is 0. The van der Waals surface area contributed by atoms with Crippen LogP contribution in [-0.4, -0.2) is 0 Å². The highest BCUT2D eigenvalue weighted by Gasteiger charge is 2.54. The molecule has 86 valence electrons. The molecule has 0 aliphatic heterocycles. The summed E-state index contributed by atoms with van der Waals surface area (Å²) in [6.07, 6.45) is 8.10. The molecule has 1 nitrogen and oxygen atoms in total. The van der Waals surface area contributed by atoms with Crippen LogP contribution >= 0.6 is 0 Å². The van der Waals surface area contributed by atoms with E-state index >= 15 is 0 Å². The van der Waals surface area contributed by atoms with Crippen LogP contribution in [0.15, 0.2) is 24.3 Å². The molecule has 0 amide bonds. The van der Waals surface area contributed by atoms with Gasteiger partial charge in [0.1, 0.15) is 0 Å². The molecule has 1 spiro atoms. The van der Waals surface area contributed by atoms with Crippen LogP contribution in [0.5, 0.6) is 0 Å². The topological polar surface area (TPSA) is 26.0 Å². The van der Waals surface area contributed by atoms with Gasteiger partial charge in [-0.25, -0.2) is 0 Å². The van der Waals surface area contributed by atoms with Gasteiger partial charge >= 0.3 is 0 Å². The molecule has 0 saturated heterocycles. The monoisotopic (exact) mass is 215 g/mol. The maximum Gasteiger partial charge on any atom is 0.0422 e. The molecule has 0 radical (unpaired) electrons. The van der Waals surface area contributed by atoms with E-state index in [1.54, 1.807) is 0 Å². The van der Waals surface area contributed by atoms with Crippen molar-refractivity contribution in [2.24, 2.45) is 11.1 Å². The Morgan fingerprint density at radius 1 is 1.06 bits per heavy atom. The first-order valence-corrected chi connectivity index (χ1v) is 6.49. The summed E-state index contributed by atoms with van der Waals surface area (Å²) in [5.74, 6) is 0. The molecule has 0 aromatic heterocycles. The highest BCUT2D eigenvalue weighted by Crippen LogP contribution is 2.60. The van der Waals surface area contributed by atoms with Crippen LogP contribution in [0.4, 0.5) is 0 Å². The average Bonchev–Trinajstić information content (AvgIpc) is 2.66. The molecule has 16 heavy (non-hydrogen) atoms. The molecule has 0 heterocycles. The van der Waals surface area contributed by atoms with Crippen molar-refractivity contribution in [2.75, 3.05) is 0 Å². The largest absolute Gasteiger partial charge is 0.321 e. The second-order valence-electron chi connectivity index (χ2n) is 6.03. The molecule has 1 aromatic rings. The Bertz CT molecular complexity index is 394. The van der Waals surface area contributed by atoms with Crippen LogP contribution < -0.4 is 5.73 Å². The lowest BCUT2D eigenvalue weighted by atomic mass is 9.54. The Kier molecular flexibility index (Phi) is 2.16. The van der Waals surface area contributed by atoms with E-state index in [1.807, 2.05) is 0 Å². The molecule has 0 unspecified atom stereocenters. The van der Waals surface area contributed by atoms with Gasteiger partial charge in [-0.15, -0.1) is 0 Å². The summed E-state index contributed by atoms with van der Waals surface area (Å²) in [7, 11) is 0. The zero-order chi connectivity index (χ0) is 11.2. The molecule has 1 heteroatoms. The fraction of sp³-hybridized carbons (Fsp3) is 0.600. The van der Waals surface area contributed by atoms with Gasteiger partial charge in [0, 0.05) is 5.54 Å². The van der Waals surface area contributed by atoms with E-state index in [0.29, 0.717) is 5.41 Å². The lowest BCUT2D eigenvalue weighted by Crippen LogP contribution is -2.54. The number of hydrogen-bond donors (Lipinski definition) is 1. The van der Waals surface area contributed by atoms with Crippen molar-refractivity contribution >= 4 is 0 Å². The van der Waals surface area contributed by atoms with Crippen LogP contribution in [0.25, 0.3) is 0 Å². The SMILES string of the molecule is Cc1ccccc1C1(N)CC2(CCCC2)C1. The zero-order valence-electron chi connectivity index (χ0n) is 10.1. The minimum absolute atomic E-state index is 0.0182. The summed E-state index contributed by atoms with van der Waals surface area (Å²) in [5.41, 5.74) is 9.92. The van der Waals surface area contributed by atoms with Crippen LogP contribution in [0, 0.1) is 12.3 Å². The summed E-state index contributed by atoms with van der Waals surface area (Å²) in [6, 6.07) is 8.63. The predicted molar refractivity (Wildman–Crippen MR) is 67.2 cm³/mol. The van der Waals surface area contributed by atoms with Gasteiger partial charge in [0.25, 0.3) is 0 Å². The van der Waals surface area contributed by atoms with Crippen molar-refractivity contribution < 1.29 is 0 Å². The maximum absolute atomic E-state index is 6.58. The summed E-state index contributed by atoms with van der Waals surface area (Å²) >= 11 is 0. The van der Waals surface area contributed by atoms with Crippen molar-refractivity contribution in [1.82, 2.24) is 0 Å². The predicted octanol–water partition coefficient (Wildman–Crippen LogP) is 3.50. The molecule has 2 aliphatic carbocycles. The Morgan fingerprint density at radius 3 is 2.31 bits per heavy atom. The lowest BCUT2D eigenvalue weighted by Gasteiger charge is -2.54. The van der Waals surface area contributed by atoms with Crippen LogP contribution in [0.3, 0.4) is 0 Å². The van der Waals surface area contributed by atoms with Crippen LogP contribution in [0.1, 0.15) is 49.7 Å². The van der Waals surface area contributed by atoms with Crippen molar-refractivity contribution in [2.45, 2.75) is 51.0 Å². The molecular formula is C15H21N. The molecule has 2 N–H and O–H groups in total. The molecule has 0 bridgehead atoms. The molecule has 2 saturated carbocycles. The third kappa shape index (κ3) is 1.41.